The van der Waals surface area contributed by atoms with E-state index in [9.17, 15) is 4.79 Å². The van der Waals surface area contributed by atoms with E-state index in [0.29, 0.717) is 24.5 Å². The van der Waals surface area contributed by atoms with Crippen LogP contribution in [0, 0.1) is 11.8 Å². The molecule has 3 nitrogen and oxygen atoms in total. The van der Waals surface area contributed by atoms with Gasteiger partial charge in [0.15, 0.2) is 0 Å². The number of rotatable bonds is 4. The highest BCUT2D eigenvalue weighted by atomic mass is 16.3. The van der Waals surface area contributed by atoms with E-state index in [2.05, 4.69) is 5.32 Å². The zero-order chi connectivity index (χ0) is 11.4. The summed E-state index contributed by atoms with van der Waals surface area (Å²) in [5.41, 5.74) is 0. The van der Waals surface area contributed by atoms with E-state index in [0.717, 1.165) is 32.1 Å². The van der Waals surface area contributed by atoms with Gasteiger partial charge in [-0.05, 0) is 50.4 Å². The summed E-state index contributed by atoms with van der Waals surface area (Å²) in [5.74, 6) is 1.38. The first kappa shape index (κ1) is 11.9. The van der Waals surface area contributed by atoms with Crippen LogP contribution in [0.4, 0.5) is 0 Å². The minimum Gasteiger partial charge on any atom is -0.396 e. The van der Waals surface area contributed by atoms with Crippen LogP contribution in [0.25, 0.3) is 0 Å². The second-order valence-electron chi connectivity index (χ2n) is 5.47. The van der Waals surface area contributed by atoms with Gasteiger partial charge in [-0.2, -0.15) is 0 Å². The minimum absolute atomic E-state index is 0.247. The molecule has 1 amide bonds. The van der Waals surface area contributed by atoms with E-state index in [4.69, 9.17) is 5.11 Å². The molecule has 0 unspecified atom stereocenters. The molecular formula is C13H23NO2. The van der Waals surface area contributed by atoms with Crippen LogP contribution in [0.3, 0.4) is 0 Å². The minimum atomic E-state index is 0.247. The van der Waals surface area contributed by atoms with Gasteiger partial charge < -0.3 is 10.4 Å². The smallest absolute Gasteiger partial charge is 0.220 e. The van der Waals surface area contributed by atoms with Crippen molar-refractivity contribution < 1.29 is 9.90 Å². The Balaban J connectivity index is 1.63. The predicted molar refractivity (Wildman–Crippen MR) is 62.9 cm³/mol. The van der Waals surface area contributed by atoms with Crippen molar-refractivity contribution in [1.82, 2.24) is 5.32 Å². The highest BCUT2D eigenvalue weighted by molar-refractivity contribution is 5.76. The molecule has 0 heterocycles. The van der Waals surface area contributed by atoms with Crippen molar-refractivity contribution in [2.45, 2.75) is 57.4 Å². The average molecular weight is 225 g/mol. The van der Waals surface area contributed by atoms with Gasteiger partial charge in [-0.3, -0.25) is 4.79 Å². The van der Waals surface area contributed by atoms with Gasteiger partial charge in [0.25, 0.3) is 0 Å². The second-order valence-corrected chi connectivity index (χ2v) is 5.47. The fourth-order valence-electron chi connectivity index (χ4n) is 2.74. The van der Waals surface area contributed by atoms with Gasteiger partial charge in [-0.15, -0.1) is 0 Å². The molecule has 92 valence electrons. The molecule has 0 aliphatic heterocycles. The van der Waals surface area contributed by atoms with E-state index in [1.54, 1.807) is 0 Å². The van der Waals surface area contributed by atoms with Crippen LogP contribution >= 0.6 is 0 Å². The van der Waals surface area contributed by atoms with Crippen LogP contribution in [0.2, 0.25) is 0 Å². The van der Waals surface area contributed by atoms with Gasteiger partial charge in [-0.25, -0.2) is 0 Å². The van der Waals surface area contributed by atoms with E-state index < -0.39 is 0 Å². The largest absolute Gasteiger partial charge is 0.396 e. The average Bonchev–Trinajstić information content (AvgIpc) is 2.25. The summed E-state index contributed by atoms with van der Waals surface area (Å²) in [6, 6.07) is 0.371. The summed E-state index contributed by atoms with van der Waals surface area (Å²) in [5, 5.41) is 12.2. The molecule has 2 fully saturated rings. The normalized spacial score (nSPS) is 30.8. The van der Waals surface area contributed by atoms with Crippen LogP contribution in [0.15, 0.2) is 0 Å². The molecule has 0 aromatic rings. The molecular weight excluding hydrogens is 202 g/mol. The Labute approximate surface area is 97.6 Å². The lowest BCUT2D eigenvalue weighted by molar-refractivity contribution is -0.123. The first-order chi connectivity index (χ1) is 7.78. The molecule has 0 spiro atoms. The predicted octanol–water partition coefficient (Wildman–Crippen LogP) is 1.84. The molecule has 0 aromatic carbocycles. The molecule has 0 atom stereocenters. The topological polar surface area (TPSA) is 49.3 Å². The third-order valence-electron chi connectivity index (χ3n) is 4.17. The number of hydrogen-bond donors (Lipinski definition) is 2. The zero-order valence-electron chi connectivity index (χ0n) is 9.95. The van der Waals surface area contributed by atoms with Gasteiger partial charge in [-0.1, -0.05) is 6.42 Å². The van der Waals surface area contributed by atoms with Crippen molar-refractivity contribution >= 4 is 5.91 Å². The van der Waals surface area contributed by atoms with Gasteiger partial charge >= 0.3 is 0 Å². The standard InChI is InChI=1S/C13H23NO2/c15-9-11-4-6-12(7-5-11)14-13(16)8-10-2-1-3-10/h10-12,15H,1-9H2,(H,14,16). The Morgan fingerprint density at radius 2 is 1.75 bits per heavy atom. The Kier molecular flexibility index (Phi) is 4.22. The summed E-state index contributed by atoms with van der Waals surface area (Å²) in [4.78, 5) is 11.7. The monoisotopic (exact) mass is 225 g/mol. The third-order valence-corrected chi connectivity index (χ3v) is 4.17. The number of nitrogens with one attached hydrogen (secondary N) is 1. The number of aliphatic hydroxyl groups is 1. The maximum Gasteiger partial charge on any atom is 0.220 e. The SMILES string of the molecule is O=C(CC1CCC1)NC1CCC(CO)CC1. The molecule has 2 saturated carbocycles. The van der Waals surface area contributed by atoms with Gasteiger partial charge in [0.05, 0.1) is 0 Å². The molecule has 2 aliphatic rings. The Morgan fingerprint density at radius 1 is 1.06 bits per heavy atom. The fourth-order valence-corrected chi connectivity index (χ4v) is 2.74. The molecule has 0 radical (unpaired) electrons. The number of hydrogen-bond acceptors (Lipinski definition) is 2. The van der Waals surface area contributed by atoms with E-state index in [-0.39, 0.29) is 5.91 Å². The number of carbonyl (C=O) groups is 1. The maximum absolute atomic E-state index is 11.7. The molecule has 0 saturated heterocycles. The van der Waals surface area contributed by atoms with Crippen LogP contribution in [0.5, 0.6) is 0 Å². The summed E-state index contributed by atoms with van der Waals surface area (Å²) in [6.07, 6.45) is 8.73. The molecule has 2 aliphatic carbocycles. The first-order valence-electron chi connectivity index (χ1n) is 6.68. The lowest BCUT2D eigenvalue weighted by Gasteiger charge is -2.30. The quantitative estimate of drug-likeness (QED) is 0.767. The van der Waals surface area contributed by atoms with Crippen LogP contribution < -0.4 is 5.32 Å². The highest BCUT2D eigenvalue weighted by Gasteiger charge is 2.24. The van der Waals surface area contributed by atoms with Gasteiger partial charge in [0.1, 0.15) is 0 Å². The van der Waals surface area contributed by atoms with Crippen LogP contribution in [0.1, 0.15) is 51.4 Å². The van der Waals surface area contributed by atoms with E-state index in [1.165, 1.54) is 19.3 Å². The lowest BCUT2D eigenvalue weighted by atomic mass is 9.82. The third kappa shape index (κ3) is 3.21. The maximum atomic E-state index is 11.7. The van der Waals surface area contributed by atoms with Crippen molar-refractivity contribution in [2.24, 2.45) is 11.8 Å². The van der Waals surface area contributed by atoms with E-state index >= 15 is 0 Å². The van der Waals surface area contributed by atoms with Gasteiger partial charge in [0, 0.05) is 19.1 Å². The van der Waals surface area contributed by atoms with E-state index in [1.807, 2.05) is 0 Å². The van der Waals surface area contributed by atoms with Crippen LogP contribution in [-0.2, 0) is 4.79 Å². The molecule has 16 heavy (non-hydrogen) atoms. The van der Waals surface area contributed by atoms with Crippen molar-refractivity contribution in [3.05, 3.63) is 0 Å². The summed E-state index contributed by atoms with van der Waals surface area (Å²) < 4.78 is 0. The number of aliphatic hydroxyl groups excluding tert-OH is 1. The Hall–Kier alpha value is -0.570. The number of carbonyl (C=O) groups excluding carboxylic acids is 1. The fraction of sp³-hybridized carbons (Fsp3) is 0.923. The van der Waals surface area contributed by atoms with Crippen molar-refractivity contribution in [3.8, 4) is 0 Å². The molecule has 0 bridgehead atoms. The second kappa shape index (κ2) is 5.67. The number of amides is 1. The Morgan fingerprint density at radius 3 is 2.25 bits per heavy atom. The van der Waals surface area contributed by atoms with Crippen molar-refractivity contribution in [1.29, 1.82) is 0 Å². The summed E-state index contributed by atoms with van der Waals surface area (Å²) >= 11 is 0. The van der Waals surface area contributed by atoms with Crippen LogP contribution in [-0.4, -0.2) is 23.7 Å². The van der Waals surface area contributed by atoms with Gasteiger partial charge in [0.2, 0.25) is 5.91 Å². The highest BCUT2D eigenvalue weighted by Crippen LogP contribution is 2.29. The molecule has 2 N–H and O–H groups in total. The molecule has 0 aromatic heterocycles. The first-order valence-corrected chi connectivity index (χ1v) is 6.68. The lowest BCUT2D eigenvalue weighted by Crippen LogP contribution is -2.39. The van der Waals surface area contributed by atoms with Crippen molar-refractivity contribution in [3.63, 3.8) is 0 Å². The summed E-state index contributed by atoms with van der Waals surface area (Å²) in [6.45, 7) is 0.308. The Bertz CT molecular complexity index is 230. The molecule has 2 rings (SSSR count). The molecule has 3 heteroatoms. The summed E-state index contributed by atoms with van der Waals surface area (Å²) in [7, 11) is 0. The van der Waals surface area contributed by atoms with Crippen molar-refractivity contribution in [2.75, 3.05) is 6.61 Å². The zero-order valence-corrected chi connectivity index (χ0v) is 9.95.